The van der Waals surface area contributed by atoms with Crippen LogP contribution in [0, 0.1) is 5.92 Å². The number of aliphatic imine (C=N–C) groups is 1. The van der Waals surface area contributed by atoms with Crippen LogP contribution in [-0.4, -0.2) is 61.2 Å². The molecule has 1 aromatic carbocycles. The molecule has 0 radical (unpaired) electrons. The van der Waals surface area contributed by atoms with Crippen LogP contribution in [0.1, 0.15) is 24.5 Å². The zero-order valence-electron chi connectivity index (χ0n) is 20.5. The quantitative estimate of drug-likeness (QED) is 0.316. The predicted octanol–water partition coefficient (Wildman–Crippen LogP) is 4.46. The van der Waals surface area contributed by atoms with Crippen LogP contribution < -0.4 is 15.8 Å². The number of likely N-dealkylation sites (tertiary alicyclic amines) is 1. The highest BCUT2D eigenvalue weighted by Crippen LogP contribution is 2.35. The molecule has 2 aromatic rings. The molecule has 37 heavy (non-hydrogen) atoms. The first-order valence-electron chi connectivity index (χ1n) is 11.4. The van der Waals surface area contributed by atoms with Crippen molar-refractivity contribution in [2.75, 3.05) is 32.6 Å². The van der Waals surface area contributed by atoms with Crippen molar-refractivity contribution in [3.63, 3.8) is 0 Å². The minimum Gasteiger partial charge on any atom is -0.497 e. The summed E-state index contributed by atoms with van der Waals surface area (Å²) in [7, 11) is 2.99. The molecule has 3 N–H and O–H groups in total. The Balaban J connectivity index is 1.89. The smallest absolute Gasteiger partial charge is 0.417 e. The third kappa shape index (κ3) is 6.75. The number of nitrogens with one attached hydrogen (secondary N) is 1. The van der Waals surface area contributed by atoms with Crippen molar-refractivity contribution in [1.82, 2.24) is 9.88 Å². The number of methoxy groups -OCH3 is 1. The number of nitrogens with zero attached hydrogens (tertiary/aromatic N) is 3. The number of piperidine rings is 1. The number of aromatic nitrogens is 1. The second-order valence-electron chi connectivity index (χ2n) is 8.79. The molecule has 0 bridgehead atoms. The summed E-state index contributed by atoms with van der Waals surface area (Å²) in [6, 6.07) is 7.94. The molecule has 1 aliphatic rings. The van der Waals surface area contributed by atoms with Gasteiger partial charge in [0.15, 0.2) is 0 Å². The van der Waals surface area contributed by atoms with Gasteiger partial charge in [-0.05, 0) is 35.7 Å². The normalized spacial score (nSPS) is 20.5. The lowest BCUT2D eigenvalue weighted by molar-refractivity contribution is -0.148. The van der Waals surface area contributed by atoms with Crippen LogP contribution in [0.4, 0.5) is 27.8 Å². The summed E-state index contributed by atoms with van der Waals surface area (Å²) in [6.45, 7) is 0.703. The molecule has 200 valence electrons. The van der Waals surface area contributed by atoms with Gasteiger partial charge in [0.05, 0.1) is 25.3 Å². The van der Waals surface area contributed by atoms with E-state index < -0.39 is 48.5 Å². The van der Waals surface area contributed by atoms with Gasteiger partial charge in [-0.15, -0.1) is 0 Å². The average Bonchev–Trinajstić information content (AvgIpc) is 2.85. The minimum absolute atomic E-state index is 0.0195. The molecular formula is C25H28F5N5O2. The minimum atomic E-state index is -4.54. The lowest BCUT2D eigenvalue weighted by Gasteiger charge is -2.43. The Bertz CT molecular complexity index is 1150. The number of hydrogen-bond acceptors (Lipinski definition) is 6. The van der Waals surface area contributed by atoms with E-state index in [2.05, 4.69) is 15.3 Å². The first kappa shape index (κ1) is 27.9. The lowest BCUT2D eigenvalue weighted by Crippen LogP contribution is -2.58. The fourth-order valence-electron chi connectivity index (χ4n) is 4.22. The number of hydrogen-bond donors (Lipinski definition) is 2. The van der Waals surface area contributed by atoms with E-state index in [0.29, 0.717) is 17.5 Å². The van der Waals surface area contributed by atoms with Gasteiger partial charge in [-0.25, -0.2) is 13.8 Å². The first-order chi connectivity index (χ1) is 17.4. The number of ether oxygens (including phenoxy) is 1. The summed E-state index contributed by atoms with van der Waals surface area (Å²) < 4.78 is 72.7. The number of nitrogens with two attached hydrogens (primary N) is 1. The summed E-state index contributed by atoms with van der Waals surface area (Å²) >= 11 is 0. The number of anilines is 1. The summed E-state index contributed by atoms with van der Waals surface area (Å²) in [4.78, 5) is 22.2. The maximum absolute atomic E-state index is 14.5. The summed E-state index contributed by atoms with van der Waals surface area (Å²) in [5, 5.41) is 2.86. The van der Waals surface area contributed by atoms with Gasteiger partial charge in [0.2, 0.25) is 0 Å². The fourth-order valence-corrected chi connectivity index (χ4v) is 4.22. The number of carbonyl (C=O) groups excluding carboxylic acids is 1. The lowest BCUT2D eigenvalue weighted by atomic mass is 9.88. The molecule has 1 unspecified atom stereocenters. The molecule has 7 nitrogen and oxygen atoms in total. The van der Waals surface area contributed by atoms with Gasteiger partial charge < -0.3 is 20.7 Å². The van der Waals surface area contributed by atoms with E-state index in [-0.39, 0.29) is 23.6 Å². The molecule has 12 heteroatoms. The summed E-state index contributed by atoms with van der Waals surface area (Å²) in [5.74, 6) is -3.90. The molecule has 1 aromatic heterocycles. The molecular weight excluding hydrogens is 497 g/mol. The zero-order valence-corrected chi connectivity index (χ0v) is 20.5. The van der Waals surface area contributed by atoms with Gasteiger partial charge in [-0.2, -0.15) is 13.2 Å². The van der Waals surface area contributed by atoms with Crippen LogP contribution in [0.2, 0.25) is 0 Å². The maximum Gasteiger partial charge on any atom is 0.417 e. The topological polar surface area (TPSA) is 92.8 Å². The second kappa shape index (κ2) is 11.1. The standard InChI is InChI=1S/C25H28F5N5O2/c1-15-10-24(26,27)14-35(20(15)13-34-21-9-6-17(11-33-21)25(28,29)30)23(36)22(31)19(12-32-2)16-4-7-18(37-3)8-5-16/h4-9,11-12,15,20H,10,13-14,31H2,1-3H3,(H,33,34)/t15-,20?/m1/s1. The Kier molecular flexibility index (Phi) is 8.39. The number of amides is 1. The van der Waals surface area contributed by atoms with Crippen LogP contribution >= 0.6 is 0 Å². The van der Waals surface area contributed by atoms with Crippen molar-refractivity contribution in [3.05, 3.63) is 59.4 Å². The highest BCUT2D eigenvalue weighted by atomic mass is 19.4. The predicted molar refractivity (Wildman–Crippen MR) is 130 cm³/mol. The molecule has 2 atom stereocenters. The number of rotatable bonds is 7. The fraction of sp³-hybridized carbons (Fsp3) is 0.400. The molecule has 0 saturated carbocycles. The molecule has 0 aliphatic carbocycles. The molecule has 2 heterocycles. The second-order valence-corrected chi connectivity index (χ2v) is 8.79. The van der Waals surface area contributed by atoms with E-state index in [9.17, 15) is 26.7 Å². The highest BCUT2D eigenvalue weighted by molar-refractivity contribution is 6.18. The SMILES string of the molecule is CN=CC(=C(N)C(=O)N1CC(F)(F)C[C@@H](C)C1CNc1ccc(C(F)(F)F)cn1)c1ccc(OC)cc1. The van der Waals surface area contributed by atoms with E-state index >= 15 is 0 Å². The van der Waals surface area contributed by atoms with Gasteiger partial charge in [0.25, 0.3) is 11.8 Å². The van der Waals surface area contributed by atoms with Crippen molar-refractivity contribution in [2.24, 2.45) is 16.6 Å². The van der Waals surface area contributed by atoms with Gasteiger partial charge in [-0.3, -0.25) is 9.79 Å². The number of pyridine rings is 1. The Morgan fingerprint density at radius 2 is 1.95 bits per heavy atom. The molecule has 1 amide bonds. The first-order valence-corrected chi connectivity index (χ1v) is 11.4. The number of allylic oxidation sites excluding steroid dienone is 1. The maximum atomic E-state index is 14.5. The van der Waals surface area contributed by atoms with E-state index in [1.165, 1.54) is 20.4 Å². The molecule has 1 fully saturated rings. The Morgan fingerprint density at radius 3 is 2.49 bits per heavy atom. The Labute approximate surface area is 211 Å². The van der Waals surface area contributed by atoms with Crippen molar-refractivity contribution in [1.29, 1.82) is 0 Å². The number of alkyl halides is 5. The third-order valence-electron chi connectivity index (χ3n) is 6.10. The van der Waals surface area contributed by atoms with Crippen LogP contribution in [-0.2, 0) is 11.0 Å². The van der Waals surface area contributed by atoms with Gasteiger partial charge in [-0.1, -0.05) is 19.1 Å². The van der Waals surface area contributed by atoms with Gasteiger partial charge in [0.1, 0.15) is 17.3 Å². The third-order valence-corrected chi connectivity index (χ3v) is 6.10. The summed E-state index contributed by atoms with van der Waals surface area (Å²) in [5.41, 5.74) is 5.84. The van der Waals surface area contributed by atoms with Crippen molar-refractivity contribution >= 4 is 23.5 Å². The highest BCUT2D eigenvalue weighted by Gasteiger charge is 2.46. The van der Waals surface area contributed by atoms with E-state index in [1.54, 1.807) is 31.2 Å². The molecule has 1 saturated heterocycles. The monoisotopic (exact) mass is 525 g/mol. The summed E-state index contributed by atoms with van der Waals surface area (Å²) in [6.07, 6.45) is -2.95. The largest absolute Gasteiger partial charge is 0.497 e. The van der Waals surface area contributed by atoms with Gasteiger partial charge in [0, 0.05) is 38.0 Å². The van der Waals surface area contributed by atoms with Crippen molar-refractivity contribution < 1.29 is 31.5 Å². The molecule has 0 spiro atoms. The Hall–Kier alpha value is -3.70. The van der Waals surface area contributed by atoms with Crippen LogP contribution in [0.5, 0.6) is 5.75 Å². The molecule has 1 aliphatic heterocycles. The number of carbonyl (C=O) groups is 1. The molecule has 3 rings (SSSR count). The van der Waals surface area contributed by atoms with Gasteiger partial charge >= 0.3 is 6.18 Å². The number of halogens is 5. The zero-order chi connectivity index (χ0) is 27.4. The van der Waals surface area contributed by atoms with Crippen molar-refractivity contribution in [2.45, 2.75) is 31.5 Å². The van der Waals surface area contributed by atoms with Crippen molar-refractivity contribution in [3.8, 4) is 5.75 Å². The van der Waals surface area contributed by atoms with Crippen LogP contribution in [0.25, 0.3) is 5.57 Å². The van der Waals surface area contributed by atoms with E-state index in [0.717, 1.165) is 17.0 Å². The van der Waals surface area contributed by atoms with Crippen LogP contribution in [0.15, 0.2) is 53.3 Å². The average molecular weight is 526 g/mol. The van der Waals surface area contributed by atoms with E-state index in [4.69, 9.17) is 10.5 Å². The van der Waals surface area contributed by atoms with Crippen LogP contribution in [0.3, 0.4) is 0 Å². The Morgan fingerprint density at radius 1 is 1.27 bits per heavy atom. The van der Waals surface area contributed by atoms with E-state index in [1.807, 2.05) is 0 Å². The number of benzene rings is 1.